The van der Waals surface area contributed by atoms with Gasteiger partial charge in [0.25, 0.3) is 0 Å². The second kappa shape index (κ2) is 43.0. The fourth-order valence-corrected chi connectivity index (χ4v) is 12.7. The van der Waals surface area contributed by atoms with Crippen molar-refractivity contribution >= 4 is 87.9 Å². The number of amides is 9. The van der Waals surface area contributed by atoms with Crippen LogP contribution in [0, 0.1) is 0 Å². The maximum Gasteiger partial charge on any atom is 0.317 e. The van der Waals surface area contributed by atoms with Crippen LogP contribution >= 0.6 is 0 Å². The number of hydrogen-bond acceptors (Lipinski definition) is 19. The van der Waals surface area contributed by atoms with E-state index in [0.29, 0.717) is 39.6 Å². The first-order chi connectivity index (χ1) is 51.7. The number of carbonyl (C=O) groups is 12. The minimum Gasteiger partial charge on any atom is -0.480 e. The lowest BCUT2D eigenvalue weighted by molar-refractivity contribution is -0.140. The Morgan fingerprint density at radius 1 is 0.472 bits per heavy atom. The number of aliphatic imine (C=N–C) groups is 1. The van der Waals surface area contributed by atoms with E-state index < -0.39 is 158 Å². The van der Waals surface area contributed by atoms with Crippen molar-refractivity contribution in [2.45, 2.75) is 132 Å². The molecule has 0 radical (unpaired) electrons. The summed E-state index contributed by atoms with van der Waals surface area (Å²) >= 11 is 0. The molecular formula is C74H102N18O16. The third kappa shape index (κ3) is 28.1. The summed E-state index contributed by atoms with van der Waals surface area (Å²) in [6, 6.07) is 18.5. The molecule has 0 saturated carbocycles. The summed E-state index contributed by atoms with van der Waals surface area (Å²) < 4.78 is 0. The second-order valence-electron chi connectivity index (χ2n) is 27.1. The summed E-state index contributed by atoms with van der Waals surface area (Å²) in [6.07, 6.45) is -0.461. The number of aliphatic hydroxyl groups excluding tert-OH is 1. The molecule has 2 saturated heterocycles. The highest BCUT2D eigenvalue weighted by Gasteiger charge is 2.39. The molecule has 34 nitrogen and oxygen atoms in total. The standard InChI is InChI=1S/C74H102N18O16/c1-46-64(87-60(94)42-89-29-31-90(43-61(95)96)33-35-92(45-63(99)100)36-34-91(32-30-89)44-62(97)98)72(107)82-55(26-16-28-78-74(76)77)66(101)83-57(38-49-19-8-4-9-20-49)69(104)84-58(39-50-21-10-5-11-22-50)70(105)85-59(40-51-41-79-53-24-13-12-23-52(51)53)71(106)81-54(25-14-15-27-75)67(102)88-65(47(2)93)73(108)86-56(68(103)80-46)37-48-17-6-3-7-18-48/h3-13,17-24,41,46-47,54-59,64-65,79,93H,14-16,25-40,42-45,75H2,1-2H3,(H,80,103)(H,81,106)(H,82,107)(H,83,101)(H,84,104)(H,85,105)(H,86,108)(H,87,94)(H,88,102)(H,95,96)(H,97,98)(H,99,100)(H4,76,77,78)/t46?,47-,54+,55+,56+,57+,58+,59-,64-,65+/m1/s1. The first kappa shape index (κ1) is 84.4. The van der Waals surface area contributed by atoms with E-state index >= 15 is 28.8 Å². The third-order valence-corrected chi connectivity index (χ3v) is 18.5. The maximum atomic E-state index is 15.5. The molecule has 7 rings (SSSR count). The number of aromatic amines is 1. The molecule has 1 unspecified atom stereocenters. The molecule has 4 aromatic carbocycles. The van der Waals surface area contributed by atoms with Crippen molar-refractivity contribution in [2.75, 3.05) is 91.6 Å². The zero-order valence-electron chi connectivity index (χ0n) is 60.7. The van der Waals surface area contributed by atoms with Crippen molar-refractivity contribution in [1.29, 1.82) is 0 Å². The van der Waals surface area contributed by atoms with Gasteiger partial charge in [0, 0.05) is 102 Å². The molecule has 10 atom stereocenters. The Balaban J connectivity index is 1.34. The van der Waals surface area contributed by atoms with Crippen molar-refractivity contribution in [3.63, 3.8) is 0 Å². The minimum absolute atomic E-state index is 0.00360. The van der Waals surface area contributed by atoms with Crippen molar-refractivity contribution in [3.05, 3.63) is 144 Å². The average Bonchev–Trinajstić information content (AvgIpc) is 1.63. The number of carboxylic acids is 3. The van der Waals surface area contributed by atoms with E-state index in [1.807, 2.05) is 18.2 Å². The molecule has 34 heteroatoms. The van der Waals surface area contributed by atoms with Crippen LogP contribution in [0.4, 0.5) is 0 Å². The van der Waals surface area contributed by atoms with Gasteiger partial charge in [0.15, 0.2) is 5.96 Å². The number of aromatic nitrogens is 1. The minimum atomic E-state index is -1.84. The molecule has 9 amide bonds. The van der Waals surface area contributed by atoms with Crippen LogP contribution in [0.15, 0.2) is 126 Å². The van der Waals surface area contributed by atoms with Gasteiger partial charge in [-0.1, -0.05) is 109 Å². The maximum absolute atomic E-state index is 15.5. The number of carboxylic acid groups (broad SMARTS) is 3. The molecule has 2 fully saturated rings. The van der Waals surface area contributed by atoms with Gasteiger partial charge in [-0.15, -0.1) is 0 Å². The van der Waals surface area contributed by atoms with Gasteiger partial charge in [0.05, 0.1) is 38.3 Å². The number of aliphatic hydroxyl groups is 1. The summed E-state index contributed by atoms with van der Waals surface area (Å²) in [5, 5.41) is 66.4. The number of unbranched alkanes of at least 4 members (excludes halogenated alkanes) is 1. The first-order valence-corrected chi connectivity index (χ1v) is 36.1. The van der Waals surface area contributed by atoms with Crippen LogP contribution in [0.25, 0.3) is 10.9 Å². The molecule has 20 N–H and O–H groups in total. The van der Waals surface area contributed by atoms with Gasteiger partial charge in [-0.25, -0.2) is 0 Å². The van der Waals surface area contributed by atoms with Crippen LogP contribution in [-0.2, 0) is 83.2 Å². The van der Waals surface area contributed by atoms with E-state index in [4.69, 9.17) is 17.2 Å². The van der Waals surface area contributed by atoms with Crippen LogP contribution in [0.1, 0.15) is 68.2 Å². The molecule has 2 aliphatic rings. The zero-order chi connectivity index (χ0) is 78.2. The highest BCUT2D eigenvalue weighted by molar-refractivity contribution is 5.99. The predicted molar refractivity (Wildman–Crippen MR) is 399 cm³/mol. The smallest absolute Gasteiger partial charge is 0.317 e. The van der Waals surface area contributed by atoms with E-state index in [1.54, 1.807) is 123 Å². The lowest BCUT2D eigenvalue weighted by atomic mass is 10.00. The van der Waals surface area contributed by atoms with Gasteiger partial charge in [0.1, 0.15) is 48.3 Å². The Hall–Kier alpha value is -10.9. The summed E-state index contributed by atoms with van der Waals surface area (Å²) in [5.74, 6) is -12.4. The lowest BCUT2D eigenvalue weighted by Crippen LogP contribution is -2.64. The lowest BCUT2D eigenvalue weighted by Gasteiger charge is -2.33. The number of rotatable bonds is 26. The summed E-state index contributed by atoms with van der Waals surface area (Å²) in [4.78, 5) is 186. The molecule has 0 bridgehead atoms. The van der Waals surface area contributed by atoms with Gasteiger partial charge in [-0.2, -0.15) is 0 Å². The zero-order valence-corrected chi connectivity index (χ0v) is 60.7. The van der Waals surface area contributed by atoms with Crippen LogP contribution in [0.2, 0.25) is 0 Å². The van der Waals surface area contributed by atoms with Crippen molar-refractivity contribution in [1.82, 2.24) is 72.4 Å². The number of carbonyl (C=O) groups excluding carboxylic acids is 9. The first-order valence-electron chi connectivity index (χ1n) is 36.1. The SMILES string of the molecule is CC1NC(=O)[C@H](Cc2ccccc2)NC(=O)[C@H]([C@@H](C)O)NC(=O)[C@H](CCCCN)NC(=O)[C@@H](Cc2c[nH]c3ccccc23)NC(=O)[C@H](Cc2ccccc2)NC(=O)[C@H](Cc2ccccc2)NC(=O)[C@H](CCCN=C(N)N)NC(=O)[C@@H]1NC(=O)CN1CCN(CC(=O)O)CCN(CC(=O)O)CCN(CC(=O)O)CC1. The molecule has 584 valence electrons. The average molecular weight is 1500 g/mol. The number of benzene rings is 4. The normalized spacial score (nSPS) is 22.8. The topological polar surface area (TPSA) is 513 Å². The predicted octanol–water partition coefficient (Wildman–Crippen LogP) is -3.13. The third-order valence-electron chi connectivity index (χ3n) is 18.5. The Morgan fingerprint density at radius 3 is 1.28 bits per heavy atom. The molecule has 0 spiro atoms. The number of nitrogens with zero attached hydrogens (tertiary/aromatic N) is 5. The highest BCUT2D eigenvalue weighted by Crippen LogP contribution is 2.21. The summed E-state index contributed by atoms with van der Waals surface area (Å²) in [6.45, 7) is 1.04. The van der Waals surface area contributed by atoms with Gasteiger partial charge < -0.3 is 90.5 Å². The van der Waals surface area contributed by atoms with Crippen LogP contribution < -0.4 is 65.1 Å². The monoisotopic (exact) mass is 1500 g/mol. The number of fused-ring (bicyclic) bond motifs is 1. The van der Waals surface area contributed by atoms with Crippen molar-refractivity contribution < 1.29 is 78.0 Å². The Labute approximate surface area is 625 Å². The Kier molecular flexibility index (Phi) is 33.6. The molecule has 1 aromatic heterocycles. The second-order valence-corrected chi connectivity index (χ2v) is 27.1. The molecule has 5 aromatic rings. The van der Waals surface area contributed by atoms with Crippen LogP contribution in [0.5, 0.6) is 0 Å². The number of aliphatic carboxylic acids is 3. The van der Waals surface area contributed by atoms with E-state index in [-0.39, 0.29) is 123 Å². The summed E-state index contributed by atoms with van der Waals surface area (Å²) in [7, 11) is 0. The van der Waals surface area contributed by atoms with E-state index in [0.717, 1.165) is 0 Å². The van der Waals surface area contributed by atoms with Crippen molar-refractivity contribution in [3.8, 4) is 0 Å². The molecular weight excluding hydrogens is 1400 g/mol. The fourth-order valence-electron chi connectivity index (χ4n) is 12.7. The van der Waals surface area contributed by atoms with Gasteiger partial charge >= 0.3 is 17.9 Å². The quantitative estimate of drug-likeness (QED) is 0.0148. The number of para-hydroxylation sites is 1. The van der Waals surface area contributed by atoms with E-state index in [2.05, 4.69) is 57.8 Å². The highest BCUT2D eigenvalue weighted by atomic mass is 16.4. The number of nitrogens with one attached hydrogen (secondary N) is 10. The molecule has 0 aliphatic carbocycles. The van der Waals surface area contributed by atoms with Crippen LogP contribution in [0.3, 0.4) is 0 Å². The van der Waals surface area contributed by atoms with Crippen LogP contribution in [-0.4, -0.2) is 274 Å². The van der Waals surface area contributed by atoms with E-state index in [1.165, 1.54) is 13.8 Å². The fraction of sp³-hybridized carbons (Fsp3) is 0.473. The van der Waals surface area contributed by atoms with Gasteiger partial charge in [0.2, 0.25) is 53.2 Å². The Bertz CT molecular complexity index is 3830. The molecule has 108 heavy (non-hydrogen) atoms. The molecule has 3 heterocycles. The largest absolute Gasteiger partial charge is 0.480 e. The molecule has 2 aliphatic heterocycles. The van der Waals surface area contributed by atoms with E-state index in [9.17, 15) is 49.2 Å². The Morgan fingerprint density at radius 2 is 0.843 bits per heavy atom. The summed E-state index contributed by atoms with van der Waals surface area (Å²) in [5.41, 5.74) is 20.2. The van der Waals surface area contributed by atoms with Gasteiger partial charge in [-0.05, 0) is 80.8 Å². The number of nitrogens with two attached hydrogens (primary N) is 3. The van der Waals surface area contributed by atoms with Crippen molar-refractivity contribution in [2.24, 2.45) is 22.2 Å². The number of guanidine groups is 1. The number of H-pyrrole nitrogens is 1. The number of hydrogen-bond donors (Lipinski definition) is 17. The van der Waals surface area contributed by atoms with Gasteiger partial charge in [-0.3, -0.25) is 82.1 Å².